The van der Waals surface area contributed by atoms with E-state index in [0.717, 1.165) is 35.2 Å². The maximum absolute atomic E-state index is 10.6. The van der Waals surface area contributed by atoms with E-state index in [1.54, 1.807) is 0 Å². The van der Waals surface area contributed by atoms with Crippen molar-refractivity contribution in [3.63, 3.8) is 0 Å². The fourth-order valence-electron chi connectivity index (χ4n) is 4.66. The average molecular weight is 413 g/mol. The van der Waals surface area contributed by atoms with Gasteiger partial charge in [-0.15, -0.1) is 0 Å². The molecular weight excluding hydrogens is 372 g/mol. The van der Waals surface area contributed by atoms with Crippen molar-refractivity contribution in [1.82, 2.24) is 0 Å². The van der Waals surface area contributed by atoms with Gasteiger partial charge in [-0.25, -0.2) is 0 Å². The molecule has 2 heterocycles. The number of hydrogen-bond donors (Lipinski definition) is 1. The lowest BCUT2D eigenvalue weighted by Gasteiger charge is -2.29. The van der Waals surface area contributed by atoms with Crippen LogP contribution in [0.5, 0.6) is 0 Å². The Morgan fingerprint density at radius 2 is 1.74 bits per heavy atom. The minimum Gasteiger partial charge on any atom is -0.481 e. The van der Waals surface area contributed by atoms with Crippen LogP contribution in [0.2, 0.25) is 0 Å². The van der Waals surface area contributed by atoms with Crippen LogP contribution in [0.4, 0.5) is 0 Å². The molecule has 0 spiro atoms. The molecule has 0 aromatic heterocycles. The van der Waals surface area contributed by atoms with E-state index < -0.39 is 5.97 Å². The zero-order chi connectivity index (χ0) is 19.3. The molecule has 2 aliphatic heterocycles. The fraction of sp³-hybridized carbons (Fsp3) is 0.870. The maximum atomic E-state index is 10.6. The molecule has 0 radical (unpaired) electrons. The minimum atomic E-state index is -0.674. The second-order valence-corrected chi connectivity index (χ2v) is 11.0. The summed E-state index contributed by atoms with van der Waals surface area (Å²) < 4.78 is 0. The minimum absolute atomic E-state index is 0.299. The Balaban J connectivity index is 1.57. The van der Waals surface area contributed by atoms with Gasteiger partial charge in [0.25, 0.3) is 0 Å². The first kappa shape index (κ1) is 23.2. The van der Waals surface area contributed by atoms with E-state index in [-0.39, 0.29) is 0 Å². The van der Waals surface area contributed by atoms with Crippen LogP contribution in [0.15, 0.2) is 12.2 Å². The maximum Gasteiger partial charge on any atom is 0.303 e. The van der Waals surface area contributed by atoms with Crippen LogP contribution >= 0.6 is 23.5 Å². The zero-order valence-electron chi connectivity index (χ0n) is 17.2. The number of unbranched alkanes of at least 4 members (excludes halogenated alkanes) is 5. The Labute approximate surface area is 175 Å². The Bertz CT molecular complexity index is 438. The van der Waals surface area contributed by atoms with E-state index in [2.05, 4.69) is 42.6 Å². The Morgan fingerprint density at radius 3 is 2.48 bits per heavy atom. The highest BCUT2D eigenvalue weighted by Crippen LogP contribution is 2.55. The molecule has 0 aromatic rings. The number of carboxylic acids is 1. The topological polar surface area (TPSA) is 37.3 Å². The Hall–Kier alpha value is -0.0900. The van der Waals surface area contributed by atoms with Crippen molar-refractivity contribution < 1.29 is 9.90 Å². The summed E-state index contributed by atoms with van der Waals surface area (Å²) in [7, 11) is 0. The van der Waals surface area contributed by atoms with E-state index in [0.29, 0.717) is 6.42 Å². The second-order valence-electron chi connectivity index (χ2n) is 8.28. The monoisotopic (exact) mass is 412 g/mol. The van der Waals surface area contributed by atoms with Crippen LogP contribution in [-0.2, 0) is 4.79 Å². The van der Waals surface area contributed by atoms with Gasteiger partial charge in [-0.05, 0) is 74.7 Å². The first-order valence-corrected chi connectivity index (χ1v) is 13.4. The second kappa shape index (κ2) is 14.0. The van der Waals surface area contributed by atoms with Crippen LogP contribution in [-0.4, -0.2) is 33.1 Å². The smallest absolute Gasteiger partial charge is 0.303 e. The summed E-state index contributed by atoms with van der Waals surface area (Å²) in [5, 5.41) is 10.5. The van der Waals surface area contributed by atoms with Crippen molar-refractivity contribution in [3.8, 4) is 0 Å². The van der Waals surface area contributed by atoms with Gasteiger partial charge in [0.05, 0.1) is 0 Å². The summed E-state index contributed by atoms with van der Waals surface area (Å²) in [6.45, 7) is 2.28. The molecule has 0 unspecified atom stereocenters. The van der Waals surface area contributed by atoms with Crippen LogP contribution < -0.4 is 0 Å². The Kier molecular flexibility index (Phi) is 12.0. The standard InChI is InChI=1S/C23H40O2S2/c1-2-3-4-10-17-26-18-11-9-13-20-19(21-15-16-22(20)27-21)12-7-5-6-8-14-23(24)25/h5,7,19-22H,2-4,6,8-18H2,1H3,(H,24,25)/t19-,20+,21-,22+/m1/s1. The number of rotatable bonds is 16. The molecule has 4 heteroatoms. The average Bonchev–Trinajstić information content (AvgIpc) is 3.25. The molecule has 4 atom stereocenters. The largest absolute Gasteiger partial charge is 0.481 e. The van der Waals surface area contributed by atoms with Crippen LogP contribution in [0, 0.1) is 11.8 Å². The third-order valence-electron chi connectivity index (χ3n) is 6.15. The lowest BCUT2D eigenvalue weighted by Crippen LogP contribution is -2.26. The van der Waals surface area contributed by atoms with Gasteiger partial charge in [0, 0.05) is 16.9 Å². The number of hydrogen-bond acceptors (Lipinski definition) is 3. The predicted octanol–water partition coefficient (Wildman–Crippen LogP) is 7.18. The van der Waals surface area contributed by atoms with Crippen molar-refractivity contribution in [2.75, 3.05) is 11.5 Å². The molecule has 1 N–H and O–H groups in total. The molecule has 156 valence electrons. The van der Waals surface area contributed by atoms with Crippen LogP contribution in [0.3, 0.4) is 0 Å². The third-order valence-corrected chi connectivity index (χ3v) is 9.17. The highest BCUT2D eigenvalue weighted by Gasteiger charge is 2.46. The highest BCUT2D eigenvalue weighted by molar-refractivity contribution is 8.01. The third kappa shape index (κ3) is 8.85. The van der Waals surface area contributed by atoms with Gasteiger partial charge in [-0.3, -0.25) is 4.79 Å². The molecule has 0 saturated carbocycles. The lowest BCUT2D eigenvalue weighted by atomic mass is 9.75. The van der Waals surface area contributed by atoms with Gasteiger partial charge in [0.1, 0.15) is 0 Å². The summed E-state index contributed by atoms with van der Waals surface area (Å²) in [4.78, 5) is 10.6. The first-order chi connectivity index (χ1) is 13.2. The van der Waals surface area contributed by atoms with E-state index in [1.807, 2.05) is 0 Å². The molecule has 0 aliphatic carbocycles. The quantitative estimate of drug-likeness (QED) is 0.215. The number of carboxylic acid groups (broad SMARTS) is 1. The van der Waals surface area contributed by atoms with Gasteiger partial charge in [0.15, 0.2) is 0 Å². The van der Waals surface area contributed by atoms with Crippen molar-refractivity contribution >= 4 is 29.5 Å². The number of thioether (sulfide) groups is 2. The van der Waals surface area contributed by atoms with Crippen molar-refractivity contribution in [1.29, 1.82) is 0 Å². The first-order valence-electron chi connectivity index (χ1n) is 11.3. The predicted molar refractivity (Wildman–Crippen MR) is 122 cm³/mol. The zero-order valence-corrected chi connectivity index (χ0v) is 18.9. The summed E-state index contributed by atoms with van der Waals surface area (Å²) in [5.74, 6) is 3.86. The lowest BCUT2D eigenvalue weighted by molar-refractivity contribution is -0.137. The summed E-state index contributed by atoms with van der Waals surface area (Å²) in [6, 6.07) is 0. The molecule has 2 saturated heterocycles. The number of allylic oxidation sites excluding steroid dienone is 2. The number of carbonyl (C=O) groups is 1. The SMILES string of the molecule is CCCCCCSCCCC[C@H]1[C@@H](CC=CCCCC(=O)O)[C@H]2CC[C@@H]1S2. The molecule has 2 rings (SSSR count). The molecule has 2 fully saturated rings. The number of aliphatic carboxylic acids is 1. The molecular formula is C23H40O2S2. The summed E-state index contributed by atoms with van der Waals surface area (Å²) >= 11 is 4.45. The van der Waals surface area contributed by atoms with Gasteiger partial charge in [-0.1, -0.05) is 44.8 Å². The van der Waals surface area contributed by atoms with E-state index in [1.165, 1.54) is 75.7 Å². The van der Waals surface area contributed by atoms with Gasteiger partial charge >= 0.3 is 5.97 Å². The van der Waals surface area contributed by atoms with Crippen LogP contribution in [0.25, 0.3) is 0 Å². The fourth-order valence-corrected chi connectivity index (χ4v) is 7.73. The van der Waals surface area contributed by atoms with Crippen molar-refractivity contribution in [3.05, 3.63) is 12.2 Å². The van der Waals surface area contributed by atoms with Gasteiger partial charge in [0.2, 0.25) is 0 Å². The summed E-state index contributed by atoms with van der Waals surface area (Å²) in [6.07, 6.45) is 20.5. The van der Waals surface area contributed by atoms with Gasteiger partial charge in [-0.2, -0.15) is 23.5 Å². The molecule has 2 aliphatic rings. The molecule has 2 nitrogen and oxygen atoms in total. The van der Waals surface area contributed by atoms with Crippen LogP contribution in [0.1, 0.15) is 90.4 Å². The molecule has 2 bridgehead atoms. The highest BCUT2D eigenvalue weighted by atomic mass is 32.2. The van der Waals surface area contributed by atoms with Crippen molar-refractivity contribution in [2.45, 2.75) is 101 Å². The molecule has 0 aromatic carbocycles. The molecule has 27 heavy (non-hydrogen) atoms. The van der Waals surface area contributed by atoms with Gasteiger partial charge < -0.3 is 5.11 Å². The summed E-state index contributed by atoms with van der Waals surface area (Å²) in [5.41, 5.74) is 0. The normalized spacial score (nSPS) is 27.0. The Morgan fingerprint density at radius 1 is 1.00 bits per heavy atom. The van der Waals surface area contributed by atoms with Crippen molar-refractivity contribution in [2.24, 2.45) is 11.8 Å². The van der Waals surface area contributed by atoms with E-state index >= 15 is 0 Å². The number of fused-ring (bicyclic) bond motifs is 2. The molecule has 0 amide bonds. The van der Waals surface area contributed by atoms with E-state index in [4.69, 9.17) is 5.11 Å². The van der Waals surface area contributed by atoms with E-state index in [9.17, 15) is 4.79 Å².